The highest BCUT2D eigenvalue weighted by atomic mass is 32.1. The second-order valence-electron chi connectivity index (χ2n) is 6.92. The standard InChI is InChI=1S/C17H20N2O4S/c1-17(2,3)23-16(22)19-8-6-10(9-19)12-11-5-4-7-18-14(11)24-13(12)15(20)21/h4-5,7,10H,6,8-9H2,1-3H3,(H,20,21). The molecule has 1 unspecified atom stereocenters. The van der Waals surface area contributed by atoms with Gasteiger partial charge in [0.05, 0.1) is 0 Å². The molecule has 0 saturated carbocycles. The van der Waals surface area contributed by atoms with Crippen LogP contribution in [-0.2, 0) is 4.74 Å². The number of thiophene rings is 1. The second-order valence-corrected chi connectivity index (χ2v) is 7.92. The molecule has 6 nitrogen and oxygen atoms in total. The van der Waals surface area contributed by atoms with Gasteiger partial charge in [0.15, 0.2) is 0 Å². The summed E-state index contributed by atoms with van der Waals surface area (Å²) < 4.78 is 5.41. The number of rotatable bonds is 2. The molecule has 3 heterocycles. The lowest BCUT2D eigenvalue weighted by molar-refractivity contribution is 0.0292. The number of nitrogens with zero attached hydrogens (tertiary/aromatic N) is 2. The molecule has 1 aliphatic rings. The Morgan fingerprint density at radius 3 is 2.83 bits per heavy atom. The molecule has 1 amide bonds. The molecule has 128 valence electrons. The molecule has 0 bridgehead atoms. The van der Waals surface area contributed by atoms with Crippen LogP contribution in [0.5, 0.6) is 0 Å². The molecule has 3 rings (SSSR count). The van der Waals surface area contributed by atoms with Crippen molar-refractivity contribution in [1.29, 1.82) is 0 Å². The van der Waals surface area contributed by atoms with Crippen molar-refractivity contribution in [2.45, 2.75) is 38.7 Å². The molecule has 7 heteroatoms. The van der Waals surface area contributed by atoms with E-state index in [1.54, 1.807) is 11.1 Å². The average molecular weight is 348 g/mol. The fourth-order valence-electron chi connectivity index (χ4n) is 3.00. The number of hydrogen-bond donors (Lipinski definition) is 1. The highest BCUT2D eigenvalue weighted by molar-refractivity contribution is 7.20. The third kappa shape index (κ3) is 3.21. The molecule has 2 aromatic rings. The molecule has 24 heavy (non-hydrogen) atoms. The van der Waals surface area contributed by atoms with Crippen molar-refractivity contribution in [3.05, 3.63) is 28.8 Å². The lowest BCUT2D eigenvalue weighted by atomic mass is 9.96. The van der Waals surface area contributed by atoms with Crippen LogP contribution in [0.15, 0.2) is 18.3 Å². The van der Waals surface area contributed by atoms with Gasteiger partial charge in [-0.05, 0) is 38.8 Å². The molecule has 1 N–H and O–H groups in total. The van der Waals surface area contributed by atoms with E-state index in [-0.39, 0.29) is 12.0 Å². The number of carboxylic acids is 1. The highest BCUT2D eigenvalue weighted by Crippen LogP contribution is 2.39. The van der Waals surface area contributed by atoms with Crippen LogP contribution in [-0.4, -0.2) is 45.7 Å². The Morgan fingerprint density at radius 2 is 2.17 bits per heavy atom. The summed E-state index contributed by atoms with van der Waals surface area (Å²) in [4.78, 5) is 30.8. The zero-order chi connectivity index (χ0) is 17.5. The van der Waals surface area contributed by atoms with Gasteiger partial charge in [0.1, 0.15) is 15.3 Å². The Morgan fingerprint density at radius 1 is 1.42 bits per heavy atom. The van der Waals surface area contributed by atoms with E-state index in [0.29, 0.717) is 18.0 Å². The van der Waals surface area contributed by atoms with Crippen molar-refractivity contribution in [2.24, 2.45) is 0 Å². The summed E-state index contributed by atoms with van der Waals surface area (Å²) >= 11 is 1.19. The lowest BCUT2D eigenvalue weighted by Crippen LogP contribution is -2.35. The van der Waals surface area contributed by atoms with Gasteiger partial charge in [-0.3, -0.25) is 0 Å². The molecule has 1 aliphatic heterocycles. The van der Waals surface area contributed by atoms with Crippen molar-refractivity contribution in [1.82, 2.24) is 9.88 Å². The third-order valence-corrected chi connectivity index (χ3v) is 5.06. The largest absolute Gasteiger partial charge is 0.477 e. The predicted octanol–water partition coefficient (Wildman–Crippen LogP) is 3.72. The van der Waals surface area contributed by atoms with Gasteiger partial charge in [-0.1, -0.05) is 6.07 Å². The van der Waals surface area contributed by atoms with Crippen LogP contribution in [0.4, 0.5) is 4.79 Å². The number of carboxylic acid groups (broad SMARTS) is 1. The minimum absolute atomic E-state index is 0.0124. The first-order valence-electron chi connectivity index (χ1n) is 7.85. The van der Waals surface area contributed by atoms with E-state index >= 15 is 0 Å². The van der Waals surface area contributed by atoms with E-state index in [4.69, 9.17) is 4.74 Å². The van der Waals surface area contributed by atoms with Gasteiger partial charge in [-0.2, -0.15) is 0 Å². The Balaban J connectivity index is 1.88. The van der Waals surface area contributed by atoms with Gasteiger partial charge in [-0.25, -0.2) is 14.6 Å². The van der Waals surface area contributed by atoms with Gasteiger partial charge >= 0.3 is 12.1 Å². The van der Waals surface area contributed by atoms with Crippen molar-refractivity contribution in [3.8, 4) is 0 Å². The minimum Gasteiger partial charge on any atom is -0.477 e. The monoisotopic (exact) mass is 348 g/mol. The molecule has 1 saturated heterocycles. The van der Waals surface area contributed by atoms with E-state index in [0.717, 1.165) is 22.2 Å². The van der Waals surface area contributed by atoms with Gasteiger partial charge in [0.2, 0.25) is 0 Å². The van der Waals surface area contributed by atoms with Crippen LogP contribution in [0, 0.1) is 0 Å². The SMILES string of the molecule is CC(C)(C)OC(=O)N1CCC(c2c(C(=O)O)sc3ncccc23)C1. The van der Waals surface area contributed by atoms with Crippen LogP contribution in [0.25, 0.3) is 10.2 Å². The number of amides is 1. The molecule has 0 spiro atoms. The summed E-state index contributed by atoms with van der Waals surface area (Å²) in [7, 11) is 0. The number of pyridine rings is 1. The van der Waals surface area contributed by atoms with E-state index < -0.39 is 11.6 Å². The molecular formula is C17H20N2O4S. The number of aromatic nitrogens is 1. The molecule has 0 aromatic carbocycles. The van der Waals surface area contributed by atoms with Gasteiger partial charge in [0.25, 0.3) is 0 Å². The Hall–Kier alpha value is -2.15. The quantitative estimate of drug-likeness (QED) is 0.895. The first kappa shape index (κ1) is 16.7. The Kier molecular flexibility index (Phi) is 4.21. The topological polar surface area (TPSA) is 79.7 Å². The summed E-state index contributed by atoms with van der Waals surface area (Å²) in [5.41, 5.74) is 0.252. The maximum Gasteiger partial charge on any atom is 0.410 e. The van der Waals surface area contributed by atoms with E-state index in [1.165, 1.54) is 11.3 Å². The molecule has 0 radical (unpaired) electrons. The second kappa shape index (κ2) is 6.05. The van der Waals surface area contributed by atoms with Gasteiger partial charge in [0, 0.05) is 30.6 Å². The molecule has 1 fully saturated rings. The van der Waals surface area contributed by atoms with Gasteiger partial charge in [-0.15, -0.1) is 11.3 Å². The predicted molar refractivity (Wildman–Crippen MR) is 91.7 cm³/mol. The molecule has 2 aromatic heterocycles. The van der Waals surface area contributed by atoms with Crippen molar-refractivity contribution in [3.63, 3.8) is 0 Å². The highest BCUT2D eigenvalue weighted by Gasteiger charge is 2.34. The fourth-order valence-corrected chi connectivity index (χ4v) is 4.07. The molecule has 1 atom stereocenters. The number of likely N-dealkylation sites (tertiary alicyclic amines) is 1. The maximum absolute atomic E-state index is 12.2. The third-order valence-electron chi connectivity index (χ3n) is 3.95. The first-order valence-corrected chi connectivity index (χ1v) is 8.66. The summed E-state index contributed by atoms with van der Waals surface area (Å²) in [5, 5.41) is 10.4. The summed E-state index contributed by atoms with van der Waals surface area (Å²) in [6, 6.07) is 3.71. The summed E-state index contributed by atoms with van der Waals surface area (Å²) in [6.45, 7) is 6.53. The number of hydrogen-bond acceptors (Lipinski definition) is 5. The molecular weight excluding hydrogens is 328 g/mol. The maximum atomic E-state index is 12.2. The van der Waals surface area contributed by atoms with Crippen molar-refractivity contribution in [2.75, 3.05) is 13.1 Å². The van der Waals surface area contributed by atoms with Crippen LogP contribution < -0.4 is 0 Å². The summed E-state index contributed by atoms with van der Waals surface area (Å²) in [6.07, 6.45) is 2.04. The van der Waals surface area contributed by atoms with E-state index in [9.17, 15) is 14.7 Å². The van der Waals surface area contributed by atoms with E-state index in [2.05, 4.69) is 4.98 Å². The first-order chi connectivity index (χ1) is 11.3. The smallest absolute Gasteiger partial charge is 0.410 e. The van der Waals surface area contributed by atoms with Gasteiger partial charge < -0.3 is 14.7 Å². The summed E-state index contributed by atoms with van der Waals surface area (Å²) in [5.74, 6) is -0.953. The normalized spacial score (nSPS) is 18.1. The van der Waals surface area contributed by atoms with E-state index in [1.807, 2.05) is 32.9 Å². The van der Waals surface area contributed by atoms with Crippen LogP contribution in [0.3, 0.4) is 0 Å². The van der Waals surface area contributed by atoms with Crippen LogP contribution >= 0.6 is 11.3 Å². The van der Waals surface area contributed by atoms with Crippen LogP contribution in [0.1, 0.15) is 48.3 Å². The number of ether oxygens (including phenoxy) is 1. The zero-order valence-corrected chi connectivity index (χ0v) is 14.7. The van der Waals surface area contributed by atoms with Crippen molar-refractivity contribution < 1.29 is 19.4 Å². The Bertz CT molecular complexity index is 793. The fraction of sp³-hybridized carbons (Fsp3) is 0.471. The van der Waals surface area contributed by atoms with Crippen molar-refractivity contribution >= 4 is 33.6 Å². The number of carbonyl (C=O) groups excluding carboxylic acids is 1. The average Bonchev–Trinajstić information content (AvgIpc) is 3.09. The number of carbonyl (C=O) groups is 2. The zero-order valence-electron chi connectivity index (χ0n) is 13.9. The number of aromatic carboxylic acids is 1. The lowest BCUT2D eigenvalue weighted by Gasteiger charge is -2.24. The number of fused-ring (bicyclic) bond motifs is 1. The molecule has 0 aliphatic carbocycles. The minimum atomic E-state index is -0.941. The Labute approximate surface area is 144 Å². The van der Waals surface area contributed by atoms with Crippen LogP contribution in [0.2, 0.25) is 0 Å².